The van der Waals surface area contributed by atoms with Crippen LogP contribution in [-0.4, -0.2) is 20.9 Å². The molecule has 1 N–H and O–H groups in total. The van der Waals surface area contributed by atoms with Gasteiger partial charge in [-0.15, -0.1) is 5.10 Å². The molecule has 0 fully saturated rings. The van der Waals surface area contributed by atoms with Crippen molar-refractivity contribution in [3.05, 3.63) is 24.0 Å². The first-order valence-electron chi connectivity index (χ1n) is 7.36. The van der Waals surface area contributed by atoms with Crippen molar-refractivity contribution in [1.82, 2.24) is 20.1 Å². The molecule has 0 radical (unpaired) electrons. The van der Waals surface area contributed by atoms with E-state index in [0.717, 1.165) is 19.3 Å². The maximum absolute atomic E-state index is 12.7. The smallest absolute Gasteiger partial charge is 0.416 e. The van der Waals surface area contributed by atoms with Crippen molar-refractivity contribution in [3.63, 3.8) is 0 Å². The zero-order valence-corrected chi connectivity index (χ0v) is 13.2. The normalized spacial score (nSPS) is 11.3. The number of alkyl halides is 3. The van der Waals surface area contributed by atoms with E-state index in [1.807, 2.05) is 6.92 Å². The molecule has 23 heavy (non-hydrogen) atoms. The third kappa shape index (κ3) is 6.70. The van der Waals surface area contributed by atoms with Gasteiger partial charge >= 0.3 is 12.3 Å². The SMILES string of the molecule is C=C(C)OC(=O)NCc1nc(C(F)(F)F)nn1CCCCCC. The van der Waals surface area contributed by atoms with Gasteiger partial charge in [0.1, 0.15) is 5.82 Å². The lowest BCUT2D eigenvalue weighted by Gasteiger charge is -2.07. The fourth-order valence-corrected chi connectivity index (χ4v) is 1.84. The number of allylic oxidation sites excluding steroid dienone is 1. The molecule has 0 unspecified atom stereocenters. The molecule has 1 heterocycles. The van der Waals surface area contributed by atoms with E-state index >= 15 is 0 Å². The highest BCUT2D eigenvalue weighted by Crippen LogP contribution is 2.26. The molecule has 0 aliphatic heterocycles. The van der Waals surface area contributed by atoms with Gasteiger partial charge in [-0.1, -0.05) is 32.8 Å². The van der Waals surface area contributed by atoms with Gasteiger partial charge in [0.2, 0.25) is 0 Å². The Hall–Kier alpha value is -2.06. The van der Waals surface area contributed by atoms with Gasteiger partial charge in [-0.25, -0.2) is 14.5 Å². The third-order valence-corrected chi connectivity index (χ3v) is 2.88. The lowest BCUT2D eigenvalue weighted by atomic mass is 10.2. The van der Waals surface area contributed by atoms with Crippen LogP contribution in [-0.2, 0) is 24.0 Å². The highest BCUT2D eigenvalue weighted by atomic mass is 19.4. The number of amides is 1. The van der Waals surface area contributed by atoms with Crippen molar-refractivity contribution < 1.29 is 22.7 Å². The summed E-state index contributed by atoms with van der Waals surface area (Å²) < 4.78 is 44.1. The van der Waals surface area contributed by atoms with Gasteiger partial charge in [0.05, 0.1) is 12.3 Å². The summed E-state index contributed by atoms with van der Waals surface area (Å²) in [6.45, 7) is 7.03. The predicted molar refractivity (Wildman–Crippen MR) is 77.3 cm³/mol. The summed E-state index contributed by atoms with van der Waals surface area (Å²) in [6, 6.07) is 0. The Balaban J connectivity index is 2.75. The maximum Gasteiger partial charge on any atom is 0.453 e. The number of unbranched alkanes of at least 4 members (excludes halogenated alkanes) is 3. The molecular weight excluding hydrogens is 313 g/mol. The summed E-state index contributed by atoms with van der Waals surface area (Å²) in [6.07, 6.45) is -1.82. The van der Waals surface area contributed by atoms with Crippen LogP contribution in [0.2, 0.25) is 0 Å². The number of alkyl carbamates (subject to hydrolysis) is 1. The van der Waals surface area contributed by atoms with Crippen LogP contribution in [0.3, 0.4) is 0 Å². The molecule has 0 spiro atoms. The van der Waals surface area contributed by atoms with Gasteiger partial charge in [0.15, 0.2) is 0 Å². The molecule has 1 aromatic heterocycles. The largest absolute Gasteiger partial charge is 0.453 e. The minimum atomic E-state index is -4.62. The minimum absolute atomic E-state index is 0.0347. The Labute approximate surface area is 132 Å². The molecule has 1 aromatic rings. The molecule has 1 amide bonds. The van der Waals surface area contributed by atoms with E-state index in [9.17, 15) is 18.0 Å². The highest BCUT2D eigenvalue weighted by Gasteiger charge is 2.37. The predicted octanol–water partition coefficient (Wildman–Crippen LogP) is 3.64. The zero-order chi connectivity index (χ0) is 17.5. The summed E-state index contributed by atoms with van der Waals surface area (Å²) in [5.41, 5.74) is 0. The summed E-state index contributed by atoms with van der Waals surface area (Å²) in [5.74, 6) is -0.995. The van der Waals surface area contributed by atoms with Crippen LogP contribution in [0.15, 0.2) is 12.3 Å². The molecule has 0 atom stereocenters. The van der Waals surface area contributed by atoms with Gasteiger partial charge in [0, 0.05) is 6.54 Å². The van der Waals surface area contributed by atoms with E-state index in [-0.39, 0.29) is 18.1 Å². The fraction of sp³-hybridized carbons (Fsp3) is 0.643. The second-order valence-corrected chi connectivity index (χ2v) is 5.08. The van der Waals surface area contributed by atoms with E-state index in [1.54, 1.807) is 0 Å². The van der Waals surface area contributed by atoms with Crippen LogP contribution < -0.4 is 5.32 Å². The molecule has 1 rings (SSSR count). The average molecular weight is 334 g/mol. The van der Waals surface area contributed by atoms with Crippen molar-refractivity contribution >= 4 is 6.09 Å². The molecule has 0 saturated carbocycles. The summed E-state index contributed by atoms with van der Waals surface area (Å²) >= 11 is 0. The number of carbonyl (C=O) groups excluding carboxylic acids is 1. The van der Waals surface area contributed by atoms with E-state index in [2.05, 4.69) is 26.7 Å². The van der Waals surface area contributed by atoms with Crippen molar-refractivity contribution in [1.29, 1.82) is 0 Å². The topological polar surface area (TPSA) is 69.0 Å². The molecule has 0 aliphatic carbocycles. The van der Waals surface area contributed by atoms with Crippen LogP contribution in [0.4, 0.5) is 18.0 Å². The van der Waals surface area contributed by atoms with Crippen LogP contribution in [0.25, 0.3) is 0 Å². The number of nitrogens with zero attached hydrogens (tertiary/aromatic N) is 3. The van der Waals surface area contributed by atoms with Crippen molar-refractivity contribution in [3.8, 4) is 0 Å². The number of rotatable bonds is 8. The number of ether oxygens (including phenoxy) is 1. The fourth-order valence-electron chi connectivity index (χ4n) is 1.84. The lowest BCUT2D eigenvalue weighted by Crippen LogP contribution is -2.25. The number of halogens is 3. The number of hydrogen-bond acceptors (Lipinski definition) is 4. The van der Waals surface area contributed by atoms with Gasteiger partial charge in [-0.3, -0.25) is 0 Å². The molecule has 0 aliphatic rings. The first-order chi connectivity index (χ1) is 10.7. The monoisotopic (exact) mass is 334 g/mol. The molecule has 6 nitrogen and oxygen atoms in total. The molecule has 0 saturated heterocycles. The molecular formula is C14H21F3N4O2. The standard InChI is InChI=1S/C14H21F3N4O2/c1-4-5-6-7-8-21-11(9-18-13(22)23-10(2)3)19-12(20-21)14(15,16)17/h2,4-9H2,1,3H3,(H,18,22). The number of carbonyl (C=O) groups is 1. The second-order valence-electron chi connectivity index (χ2n) is 5.08. The minimum Gasteiger partial charge on any atom is -0.416 e. The Morgan fingerprint density at radius 3 is 2.61 bits per heavy atom. The number of nitrogens with one attached hydrogen (secondary N) is 1. The van der Waals surface area contributed by atoms with E-state index in [0.29, 0.717) is 13.0 Å². The molecule has 130 valence electrons. The van der Waals surface area contributed by atoms with Crippen molar-refractivity contribution in [2.45, 2.75) is 58.8 Å². The lowest BCUT2D eigenvalue weighted by molar-refractivity contribution is -0.145. The number of aryl methyl sites for hydroxylation is 1. The Morgan fingerprint density at radius 2 is 2.04 bits per heavy atom. The zero-order valence-electron chi connectivity index (χ0n) is 13.2. The van der Waals surface area contributed by atoms with Crippen LogP contribution in [0.1, 0.15) is 51.2 Å². The van der Waals surface area contributed by atoms with E-state index < -0.39 is 18.1 Å². The van der Waals surface area contributed by atoms with Crippen LogP contribution >= 0.6 is 0 Å². The van der Waals surface area contributed by atoms with Gasteiger partial charge in [0.25, 0.3) is 5.82 Å². The number of aromatic nitrogens is 3. The van der Waals surface area contributed by atoms with Crippen molar-refractivity contribution in [2.75, 3.05) is 0 Å². The van der Waals surface area contributed by atoms with Crippen LogP contribution in [0.5, 0.6) is 0 Å². The maximum atomic E-state index is 12.7. The second kappa shape index (κ2) is 8.54. The van der Waals surface area contributed by atoms with Gasteiger partial charge in [-0.05, 0) is 13.3 Å². The van der Waals surface area contributed by atoms with E-state index in [4.69, 9.17) is 0 Å². The van der Waals surface area contributed by atoms with Crippen LogP contribution in [0, 0.1) is 0 Å². The molecule has 9 heteroatoms. The summed E-state index contributed by atoms with van der Waals surface area (Å²) in [7, 11) is 0. The van der Waals surface area contributed by atoms with E-state index in [1.165, 1.54) is 11.6 Å². The third-order valence-electron chi connectivity index (χ3n) is 2.88. The molecule has 0 bridgehead atoms. The summed E-state index contributed by atoms with van der Waals surface area (Å²) in [4.78, 5) is 14.8. The van der Waals surface area contributed by atoms with Gasteiger partial charge < -0.3 is 10.1 Å². The first-order valence-corrected chi connectivity index (χ1v) is 7.36. The quantitative estimate of drug-likeness (QED) is 0.582. The average Bonchev–Trinajstić information content (AvgIpc) is 2.84. The highest BCUT2D eigenvalue weighted by molar-refractivity contribution is 5.68. The molecule has 0 aromatic carbocycles. The Bertz CT molecular complexity index is 541. The first kappa shape index (κ1) is 19.0. The van der Waals surface area contributed by atoms with Gasteiger partial charge in [-0.2, -0.15) is 13.2 Å². The summed E-state index contributed by atoms with van der Waals surface area (Å²) in [5, 5.41) is 5.81. The number of hydrogen-bond donors (Lipinski definition) is 1. The van der Waals surface area contributed by atoms with Crippen molar-refractivity contribution in [2.24, 2.45) is 0 Å². The Kier molecular flexibility index (Phi) is 7.05. The Morgan fingerprint density at radius 1 is 1.35 bits per heavy atom.